The van der Waals surface area contributed by atoms with Crippen LogP contribution in [0.5, 0.6) is 0 Å². The lowest BCUT2D eigenvalue weighted by atomic mass is 10.0. The van der Waals surface area contributed by atoms with Crippen molar-refractivity contribution in [2.24, 2.45) is 0 Å². The molecule has 31 heteroatoms. The number of hydrogen-bond donors (Lipinski definition) is 11. The van der Waals surface area contributed by atoms with Crippen molar-refractivity contribution in [3.8, 4) is 45.7 Å². The van der Waals surface area contributed by atoms with Crippen molar-refractivity contribution in [1.82, 2.24) is 156 Å². The van der Waals surface area contributed by atoms with Crippen molar-refractivity contribution < 1.29 is 0 Å². The average molecular weight is 1300 g/mol. The molecule has 22 rings (SSSR count). The van der Waals surface area contributed by atoms with Crippen LogP contribution in [0.4, 0.5) is 0 Å². The van der Waals surface area contributed by atoms with Crippen LogP contribution < -0.4 is 0 Å². The van der Waals surface area contributed by atoms with E-state index in [0.29, 0.717) is 51.1 Å². The summed E-state index contributed by atoms with van der Waals surface area (Å²) in [4.78, 5) is 83.7. The van der Waals surface area contributed by atoms with Crippen LogP contribution in [-0.4, -0.2) is 156 Å². The molecule has 0 fully saturated rings. The van der Waals surface area contributed by atoms with Gasteiger partial charge in [0, 0.05) is 89.7 Å². The molecule has 0 aliphatic rings. The van der Waals surface area contributed by atoms with E-state index in [9.17, 15) is 0 Å². The minimum atomic E-state index is 0.540. The number of aromatic nitrogens is 31. The number of fused-ring (bicyclic) bond motifs is 11. The Bertz CT molecular complexity index is 5620. The van der Waals surface area contributed by atoms with Gasteiger partial charge in [-0.15, -0.1) is 0 Å². The molecule has 0 aliphatic heterocycles. The standard InChI is InChI=1S/C31H18N14.C7H6N2.5C6H5N3/c1-3-15-18(34-7-1)11-19(36-15)22-25-23(26(45-44-25)24-14-5-9-32-12-20(14)42-43-24)28(30-37-16-6-10-33-13-21(16)39-30)40-27(22)31-38-17-4-2-8-35-29(17)41-31;1-2-6-7(8-4-1)3-5-9-6;1-2-7-3-6-5(1)8-4-9-6;2*1-2-7-4-6-5(1)3-8-9-6;1-2-5-6(7-3-1)9-4-8-5;1-2-5-4-8-9-6(5)7-3-1/h1-13,36H,(H,37,39)(H,42,43)(H,44,45)(H,35,38,41);1-5,9H;3*1-4H,(H,8,9);2*1-4H,(H,7,8,9). The highest BCUT2D eigenvalue weighted by atomic mass is 15.2. The van der Waals surface area contributed by atoms with Crippen LogP contribution >= 0.6 is 0 Å². The van der Waals surface area contributed by atoms with Gasteiger partial charge in [0.2, 0.25) is 0 Å². The fourth-order valence-electron chi connectivity index (χ4n) is 10.7. The van der Waals surface area contributed by atoms with Crippen LogP contribution in [-0.2, 0) is 0 Å². The number of nitrogens with zero attached hydrogens (tertiary/aromatic N) is 20. The summed E-state index contributed by atoms with van der Waals surface area (Å²) in [6, 6.07) is 32.7. The normalized spacial score (nSPS) is 11.0. The van der Waals surface area contributed by atoms with Gasteiger partial charge in [0.1, 0.15) is 28.3 Å². The number of rotatable bonds is 4. The summed E-state index contributed by atoms with van der Waals surface area (Å²) in [6.45, 7) is 0. The number of imidazole rings is 4. The van der Waals surface area contributed by atoms with Crippen molar-refractivity contribution >= 4 is 121 Å². The Morgan fingerprint density at radius 3 is 1.68 bits per heavy atom. The molecule has 0 aromatic carbocycles. The zero-order valence-electron chi connectivity index (χ0n) is 51.4. The molecule has 99 heavy (non-hydrogen) atoms. The lowest BCUT2D eigenvalue weighted by Crippen LogP contribution is -1.98. The highest BCUT2D eigenvalue weighted by Crippen LogP contribution is 2.44. The lowest BCUT2D eigenvalue weighted by Gasteiger charge is -2.11. The molecule has 0 spiro atoms. The molecule has 0 unspecified atom stereocenters. The van der Waals surface area contributed by atoms with Gasteiger partial charge in [-0.2, -0.15) is 25.5 Å². The largest absolute Gasteiger partial charge is 0.360 e. The molecule has 0 bridgehead atoms. The molecule has 22 aromatic heterocycles. The van der Waals surface area contributed by atoms with Gasteiger partial charge in [-0.1, -0.05) is 0 Å². The fourth-order valence-corrected chi connectivity index (χ4v) is 10.7. The van der Waals surface area contributed by atoms with Crippen LogP contribution in [0, 0.1) is 0 Å². The molecule has 0 radical (unpaired) electrons. The molecular weight excluding hydrogens is 1250 g/mol. The zero-order valence-corrected chi connectivity index (χ0v) is 51.4. The second-order valence-electron chi connectivity index (χ2n) is 21.5. The number of nitrogens with one attached hydrogen (secondary N) is 11. The van der Waals surface area contributed by atoms with Gasteiger partial charge in [0.05, 0.1) is 151 Å². The van der Waals surface area contributed by atoms with Crippen molar-refractivity contribution in [1.29, 1.82) is 0 Å². The maximum Gasteiger partial charge on any atom is 0.178 e. The summed E-state index contributed by atoms with van der Waals surface area (Å²) in [7, 11) is 0. The van der Waals surface area contributed by atoms with E-state index in [1.54, 1.807) is 124 Å². The van der Waals surface area contributed by atoms with E-state index >= 15 is 0 Å². The van der Waals surface area contributed by atoms with Crippen LogP contribution in [0.1, 0.15) is 0 Å². The van der Waals surface area contributed by atoms with E-state index in [1.165, 1.54) is 0 Å². The summed E-state index contributed by atoms with van der Waals surface area (Å²) >= 11 is 0. The summed E-state index contributed by atoms with van der Waals surface area (Å²) in [5, 5.41) is 40.6. The Morgan fingerprint density at radius 2 is 0.919 bits per heavy atom. The van der Waals surface area contributed by atoms with E-state index < -0.39 is 0 Å². The van der Waals surface area contributed by atoms with Crippen LogP contribution in [0.2, 0.25) is 0 Å². The maximum absolute atomic E-state index is 5.31. The van der Waals surface area contributed by atoms with E-state index in [-0.39, 0.29) is 0 Å². The first-order chi connectivity index (χ1) is 49.1. The molecular formula is C68H49N31. The average Bonchev–Trinajstić information content (AvgIpc) is 1.58. The smallest absolute Gasteiger partial charge is 0.178 e. The lowest BCUT2D eigenvalue weighted by molar-refractivity contribution is 1.08. The molecule has 0 saturated heterocycles. The van der Waals surface area contributed by atoms with E-state index in [4.69, 9.17) is 20.1 Å². The Balaban J connectivity index is 0.000000112. The minimum absolute atomic E-state index is 0.540. The highest BCUT2D eigenvalue weighted by molar-refractivity contribution is 6.13. The van der Waals surface area contributed by atoms with Crippen LogP contribution in [0.25, 0.3) is 167 Å². The van der Waals surface area contributed by atoms with Gasteiger partial charge in [-0.3, -0.25) is 60.4 Å². The summed E-state index contributed by atoms with van der Waals surface area (Å²) in [6.07, 6.45) is 36.6. The first-order valence-corrected chi connectivity index (χ1v) is 30.4. The second kappa shape index (κ2) is 26.9. The maximum atomic E-state index is 5.31. The van der Waals surface area contributed by atoms with E-state index in [0.717, 1.165) is 116 Å². The third-order valence-electron chi connectivity index (χ3n) is 15.4. The highest BCUT2D eigenvalue weighted by Gasteiger charge is 2.29. The fraction of sp³-hybridized carbons (Fsp3) is 0. The van der Waals surface area contributed by atoms with Crippen LogP contribution in [0.15, 0.2) is 234 Å². The quantitative estimate of drug-likeness (QED) is 0.0779. The Labute approximate surface area is 553 Å². The van der Waals surface area contributed by atoms with Crippen molar-refractivity contribution in [3.63, 3.8) is 0 Å². The van der Waals surface area contributed by atoms with E-state index in [1.807, 2.05) is 109 Å². The number of hydrogen-bond acceptors (Lipinski definition) is 20. The van der Waals surface area contributed by atoms with E-state index in [2.05, 4.69) is 136 Å². The van der Waals surface area contributed by atoms with Crippen molar-refractivity contribution in [2.75, 3.05) is 0 Å². The van der Waals surface area contributed by atoms with Gasteiger partial charge in [-0.05, 0) is 103 Å². The molecule has 0 amide bonds. The molecule has 0 atom stereocenters. The van der Waals surface area contributed by atoms with Gasteiger partial charge in [0.25, 0.3) is 0 Å². The molecule has 0 aliphatic carbocycles. The molecule has 0 saturated carbocycles. The number of H-pyrrole nitrogens is 11. The van der Waals surface area contributed by atoms with Gasteiger partial charge >= 0.3 is 0 Å². The predicted molar refractivity (Wildman–Crippen MR) is 373 cm³/mol. The Hall–Kier alpha value is -15.0. The first-order valence-electron chi connectivity index (χ1n) is 30.4. The predicted octanol–water partition coefficient (Wildman–Crippen LogP) is 11.7. The third kappa shape index (κ3) is 12.5. The Morgan fingerprint density at radius 1 is 0.313 bits per heavy atom. The first kappa shape index (κ1) is 59.0. The van der Waals surface area contributed by atoms with Gasteiger partial charge in [0.15, 0.2) is 28.6 Å². The second-order valence-corrected chi connectivity index (χ2v) is 21.5. The SMILES string of the molecule is c1cc2cn[nH]c2cn1.c1cc2cn[nH]c2cn1.c1cc2nc[nH]c2cn1.c1cnc2[nH]ncc2c1.c1cnc2cc(-c3c(-c4nc5ncccc5[nH]4)nc(-c4nc5cnccc5[nH]4)c4c(-c5n[nH]c6cnccc56)n[nH]c34)[nH]c2c1.c1cnc2cc[nH]c2c1.c1cnc2nc[nH]c2c1. The molecule has 476 valence electrons. The van der Waals surface area contributed by atoms with Crippen molar-refractivity contribution in [2.45, 2.75) is 0 Å². The topological polar surface area (TPSA) is 431 Å². The molecule has 22 heterocycles. The summed E-state index contributed by atoms with van der Waals surface area (Å²) in [5.41, 5.74) is 18.7. The third-order valence-corrected chi connectivity index (χ3v) is 15.4. The van der Waals surface area contributed by atoms with Gasteiger partial charge < -0.3 is 29.9 Å². The Kier molecular flexibility index (Phi) is 16.0. The van der Waals surface area contributed by atoms with Crippen LogP contribution in [0.3, 0.4) is 0 Å². The molecule has 22 aromatic rings. The zero-order chi connectivity index (χ0) is 66.1. The number of aromatic amines is 11. The number of pyridine rings is 11. The minimum Gasteiger partial charge on any atom is -0.360 e. The van der Waals surface area contributed by atoms with Crippen molar-refractivity contribution in [3.05, 3.63) is 234 Å². The molecule has 31 nitrogen and oxygen atoms in total. The molecule has 11 N–H and O–H groups in total. The van der Waals surface area contributed by atoms with Gasteiger partial charge in [-0.25, -0.2) is 39.9 Å². The monoisotopic (exact) mass is 1300 g/mol. The summed E-state index contributed by atoms with van der Waals surface area (Å²) in [5.74, 6) is 1.09. The summed E-state index contributed by atoms with van der Waals surface area (Å²) < 4.78 is 0.